The predicted octanol–water partition coefficient (Wildman–Crippen LogP) is 4.92. The van der Waals surface area contributed by atoms with Crippen LogP contribution in [0.15, 0.2) is 60.7 Å². The largest absolute Gasteiger partial charge is 0.352 e. The lowest BCUT2D eigenvalue weighted by Gasteiger charge is -2.18. The Hall–Kier alpha value is -2.39. The van der Waals surface area contributed by atoms with Crippen molar-refractivity contribution >= 4 is 5.91 Å². The van der Waals surface area contributed by atoms with Gasteiger partial charge in [-0.05, 0) is 67.4 Å². The van der Waals surface area contributed by atoms with Crippen molar-refractivity contribution in [1.82, 2.24) is 10.2 Å². The van der Waals surface area contributed by atoms with Crippen LogP contribution in [0.3, 0.4) is 0 Å². The second-order valence-corrected chi connectivity index (χ2v) is 8.04. The minimum absolute atomic E-state index is 0.127. The lowest BCUT2D eigenvalue weighted by atomic mass is 9.93. The zero-order chi connectivity index (χ0) is 19.2. The summed E-state index contributed by atoms with van der Waals surface area (Å²) in [6.07, 6.45) is 9.80. The molecule has 1 aliphatic heterocycles. The lowest BCUT2D eigenvalue weighted by molar-refractivity contribution is -0.125. The highest BCUT2D eigenvalue weighted by atomic mass is 16.1. The maximum Gasteiger partial charge on any atom is 0.223 e. The summed E-state index contributed by atoms with van der Waals surface area (Å²) in [4.78, 5) is 15.0. The van der Waals surface area contributed by atoms with Crippen LogP contribution in [0.5, 0.6) is 0 Å². The van der Waals surface area contributed by atoms with Gasteiger partial charge in [0, 0.05) is 19.0 Å². The van der Waals surface area contributed by atoms with Crippen LogP contribution in [0.2, 0.25) is 0 Å². The summed E-state index contributed by atoms with van der Waals surface area (Å²) >= 11 is 0. The molecule has 1 amide bonds. The van der Waals surface area contributed by atoms with Crippen molar-refractivity contribution in [2.75, 3.05) is 13.1 Å². The lowest BCUT2D eigenvalue weighted by Crippen LogP contribution is -2.30. The maximum atomic E-state index is 12.5. The molecule has 28 heavy (non-hydrogen) atoms. The molecule has 2 aromatic carbocycles. The van der Waals surface area contributed by atoms with E-state index in [1.54, 1.807) is 0 Å². The van der Waals surface area contributed by atoms with Gasteiger partial charge in [0.05, 0.1) is 0 Å². The highest BCUT2D eigenvalue weighted by Gasteiger charge is 2.18. The fourth-order valence-electron chi connectivity index (χ4n) is 4.30. The van der Waals surface area contributed by atoms with E-state index in [0.717, 1.165) is 25.8 Å². The van der Waals surface area contributed by atoms with Crippen LogP contribution in [0, 0.1) is 5.92 Å². The van der Waals surface area contributed by atoms with Gasteiger partial charge in [-0.2, -0.15) is 0 Å². The van der Waals surface area contributed by atoms with Crippen LogP contribution < -0.4 is 5.32 Å². The molecule has 1 heterocycles. The summed E-state index contributed by atoms with van der Waals surface area (Å²) in [7, 11) is 0. The molecule has 1 aliphatic carbocycles. The Balaban J connectivity index is 1.42. The summed E-state index contributed by atoms with van der Waals surface area (Å²) < 4.78 is 0. The number of nitrogens with zero attached hydrogens (tertiary/aromatic N) is 1. The third-order valence-electron chi connectivity index (χ3n) is 5.98. The Labute approximate surface area is 168 Å². The summed E-state index contributed by atoms with van der Waals surface area (Å²) in [6, 6.07) is 17.3. The second-order valence-electron chi connectivity index (χ2n) is 8.04. The molecular formula is C25H30N2O. The van der Waals surface area contributed by atoms with Crippen molar-refractivity contribution in [3.63, 3.8) is 0 Å². The van der Waals surface area contributed by atoms with Crippen molar-refractivity contribution in [2.24, 2.45) is 5.92 Å². The van der Waals surface area contributed by atoms with Crippen LogP contribution in [0.1, 0.15) is 43.2 Å². The van der Waals surface area contributed by atoms with Gasteiger partial charge in [0.1, 0.15) is 0 Å². The molecule has 3 heteroatoms. The maximum absolute atomic E-state index is 12.5. The van der Waals surface area contributed by atoms with E-state index in [9.17, 15) is 4.79 Å². The number of hydrogen-bond donors (Lipinski definition) is 1. The second kappa shape index (κ2) is 9.20. The number of nitrogens with one attached hydrogen (secondary N) is 1. The van der Waals surface area contributed by atoms with E-state index in [2.05, 4.69) is 70.9 Å². The van der Waals surface area contributed by atoms with Crippen molar-refractivity contribution in [1.29, 1.82) is 0 Å². The molecule has 0 saturated carbocycles. The SMILES string of the molecule is O=C(NCc1ccccc1-c1ccc(CN2CCCC2)cc1)[C@H]1CC=CCC1. The van der Waals surface area contributed by atoms with Crippen LogP contribution in [-0.4, -0.2) is 23.9 Å². The summed E-state index contributed by atoms with van der Waals surface area (Å²) in [5.74, 6) is 0.308. The minimum atomic E-state index is 0.127. The quantitative estimate of drug-likeness (QED) is 0.728. The molecule has 1 saturated heterocycles. The average molecular weight is 375 g/mol. The first-order valence-corrected chi connectivity index (χ1v) is 10.6. The normalized spacial score (nSPS) is 19.6. The molecule has 0 bridgehead atoms. The molecule has 4 rings (SSSR count). The summed E-state index contributed by atoms with van der Waals surface area (Å²) in [6.45, 7) is 4.08. The van der Waals surface area contributed by atoms with Gasteiger partial charge in [-0.15, -0.1) is 0 Å². The van der Waals surface area contributed by atoms with Crippen LogP contribution in [0.4, 0.5) is 0 Å². The number of allylic oxidation sites excluding steroid dienone is 2. The molecule has 3 nitrogen and oxygen atoms in total. The van der Waals surface area contributed by atoms with Gasteiger partial charge in [-0.25, -0.2) is 0 Å². The Morgan fingerprint density at radius 3 is 2.54 bits per heavy atom. The van der Waals surface area contributed by atoms with E-state index in [1.807, 2.05) is 0 Å². The number of amides is 1. The Morgan fingerprint density at radius 1 is 1.00 bits per heavy atom. The van der Waals surface area contributed by atoms with Crippen molar-refractivity contribution in [3.05, 3.63) is 71.8 Å². The number of carbonyl (C=O) groups is 1. The summed E-state index contributed by atoms with van der Waals surface area (Å²) in [5.41, 5.74) is 4.98. The van der Waals surface area contributed by atoms with Gasteiger partial charge in [-0.1, -0.05) is 60.7 Å². The average Bonchev–Trinajstić information content (AvgIpc) is 3.26. The van der Waals surface area contributed by atoms with Gasteiger partial charge in [0.2, 0.25) is 5.91 Å². The van der Waals surface area contributed by atoms with Gasteiger partial charge < -0.3 is 5.32 Å². The fraction of sp³-hybridized carbons (Fsp3) is 0.400. The molecule has 0 spiro atoms. The molecular weight excluding hydrogens is 344 g/mol. The first kappa shape index (κ1) is 18.9. The molecule has 2 aliphatic rings. The van der Waals surface area contributed by atoms with E-state index < -0.39 is 0 Å². The Kier molecular flexibility index (Phi) is 6.23. The van der Waals surface area contributed by atoms with Gasteiger partial charge in [-0.3, -0.25) is 9.69 Å². The number of likely N-dealkylation sites (tertiary alicyclic amines) is 1. The van der Waals surface area contributed by atoms with Crippen molar-refractivity contribution in [2.45, 2.75) is 45.2 Å². The zero-order valence-electron chi connectivity index (χ0n) is 16.6. The number of rotatable bonds is 6. The molecule has 1 N–H and O–H groups in total. The van der Waals surface area contributed by atoms with Crippen molar-refractivity contribution in [3.8, 4) is 11.1 Å². The number of carbonyl (C=O) groups excluding carboxylic acids is 1. The summed E-state index contributed by atoms with van der Waals surface area (Å²) in [5, 5.41) is 3.16. The third kappa shape index (κ3) is 4.71. The fourth-order valence-corrected chi connectivity index (χ4v) is 4.30. The zero-order valence-corrected chi connectivity index (χ0v) is 16.6. The molecule has 146 valence electrons. The predicted molar refractivity (Wildman–Crippen MR) is 115 cm³/mol. The first-order valence-electron chi connectivity index (χ1n) is 10.6. The van der Waals surface area contributed by atoms with Gasteiger partial charge >= 0.3 is 0 Å². The van der Waals surface area contributed by atoms with E-state index in [1.165, 1.54) is 48.2 Å². The van der Waals surface area contributed by atoms with E-state index in [4.69, 9.17) is 0 Å². The Morgan fingerprint density at radius 2 is 1.79 bits per heavy atom. The molecule has 0 radical (unpaired) electrons. The molecule has 0 aromatic heterocycles. The van der Waals surface area contributed by atoms with E-state index in [-0.39, 0.29) is 11.8 Å². The standard InChI is InChI=1S/C25H30N2O/c28-25(22-8-2-1-3-9-22)26-18-23-10-4-5-11-24(23)21-14-12-20(13-15-21)19-27-16-6-7-17-27/h1-2,4-5,10-15,22H,3,6-9,16-19H2,(H,26,28)/t22-/m0/s1. The topological polar surface area (TPSA) is 32.3 Å². The third-order valence-corrected chi connectivity index (χ3v) is 5.98. The van der Waals surface area contributed by atoms with Crippen LogP contribution in [0.25, 0.3) is 11.1 Å². The molecule has 1 fully saturated rings. The van der Waals surface area contributed by atoms with Crippen LogP contribution >= 0.6 is 0 Å². The first-order chi connectivity index (χ1) is 13.8. The van der Waals surface area contributed by atoms with E-state index in [0.29, 0.717) is 6.54 Å². The van der Waals surface area contributed by atoms with Crippen LogP contribution in [-0.2, 0) is 17.9 Å². The van der Waals surface area contributed by atoms with Crippen molar-refractivity contribution < 1.29 is 4.79 Å². The van der Waals surface area contributed by atoms with Gasteiger partial charge in [0.25, 0.3) is 0 Å². The smallest absolute Gasteiger partial charge is 0.223 e. The van der Waals surface area contributed by atoms with E-state index >= 15 is 0 Å². The monoisotopic (exact) mass is 374 g/mol. The number of benzene rings is 2. The number of hydrogen-bond acceptors (Lipinski definition) is 2. The Bertz CT molecular complexity index is 819. The molecule has 0 unspecified atom stereocenters. The minimum Gasteiger partial charge on any atom is -0.352 e. The molecule has 1 atom stereocenters. The van der Waals surface area contributed by atoms with Gasteiger partial charge in [0.15, 0.2) is 0 Å². The highest BCUT2D eigenvalue weighted by Crippen LogP contribution is 2.25. The highest BCUT2D eigenvalue weighted by molar-refractivity contribution is 5.79. The molecule has 2 aromatic rings.